The van der Waals surface area contributed by atoms with E-state index in [0.717, 1.165) is 11.3 Å². The van der Waals surface area contributed by atoms with Crippen LogP contribution in [-0.2, 0) is 4.74 Å². The molecule has 1 N–H and O–H groups in total. The number of benzene rings is 1. The Morgan fingerprint density at radius 3 is 2.60 bits per heavy atom. The fourth-order valence-electron chi connectivity index (χ4n) is 1.72. The first kappa shape index (κ1) is 8.16. The van der Waals surface area contributed by atoms with E-state index in [2.05, 4.69) is 14.7 Å². The number of aromatic amines is 1. The van der Waals surface area contributed by atoms with Gasteiger partial charge in [0.15, 0.2) is 0 Å². The second-order valence-corrected chi connectivity index (χ2v) is 3.41. The van der Waals surface area contributed by atoms with Gasteiger partial charge in [-0.15, -0.1) is 0 Å². The van der Waals surface area contributed by atoms with E-state index < -0.39 is 11.9 Å². The van der Waals surface area contributed by atoms with Gasteiger partial charge in [-0.05, 0) is 19.1 Å². The average molecular weight is 202 g/mol. The van der Waals surface area contributed by atoms with E-state index in [0.29, 0.717) is 16.6 Å². The molecule has 5 nitrogen and oxygen atoms in total. The molecule has 0 bridgehead atoms. The lowest BCUT2D eigenvalue weighted by molar-refractivity contribution is 0.0444. The molecule has 2 aromatic rings. The molecule has 0 saturated heterocycles. The summed E-state index contributed by atoms with van der Waals surface area (Å²) < 4.78 is 4.48. The predicted octanol–water partition coefficient (Wildman–Crippen LogP) is 1.18. The molecular formula is C10H6N2O3. The molecule has 1 aliphatic heterocycles. The molecule has 0 spiro atoms. The number of rotatable bonds is 0. The number of aryl methyl sites for hydroxylation is 1. The number of nitrogens with one attached hydrogen (secondary N) is 1. The van der Waals surface area contributed by atoms with Crippen molar-refractivity contribution in [1.82, 2.24) is 9.97 Å². The third-order valence-corrected chi connectivity index (χ3v) is 2.36. The van der Waals surface area contributed by atoms with Crippen LogP contribution in [0.1, 0.15) is 26.5 Å². The fourth-order valence-corrected chi connectivity index (χ4v) is 1.72. The van der Waals surface area contributed by atoms with E-state index in [1.54, 1.807) is 12.1 Å². The van der Waals surface area contributed by atoms with Gasteiger partial charge in [0.25, 0.3) is 0 Å². The van der Waals surface area contributed by atoms with Crippen LogP contribution >= 0.6 is 0 Å². The van der Waals surface area contributed by atoms with Gasteiger partial charge in [0.05, 0.1) is 22.2 Å². The van der Waals surface area contributed by atoms with Crippen molar-refractivity contribution in [1.29, 1.82) is 0 Å². The monoisotopic (exact) mass is 202 g/mol. The molecule has 1 aromatic carbocycles. The highest BCUT2D eigenvalue weighted by molar-refractivity contribution is 6.16. The van der Waals surface area contributed by atoms with Crippen LogP contribution in [0.2, 0.25) is 0 Å². The molecule has 2 heterocycles. The number of ether oxygens (including phenoxy) is 1. The number of esters is 2. The van der Waals surface area contributed by atoms with Crippen LogP contribution in [0.5, 0.6) is 0 Å². The standard InChI is InChI=1S/C10H6N2O3/c1-4-11-7-2-5-6(3-8(7)12-4)10(14)15-9(5)13/h2-3H,1H3,(H,11,12). The number of fused-ring (bicyclic) bond motifs is 2. The first-order chi connectivity index (χ1) is 7.15. The number of imidazole rings is 1. The van der Waals surface area contributed by atoms with Gasteiger partial charge in [-0.2, -0.15) is 0 Å². The summed E-state index contributed by atoms with van der Waals surface area (Å²) in [5, 5.41) is 0. The Labute approximate surface area is 84.1 Å². The lowest BCUT2D eigenvalue weighted by atomic mass is 10.1. The van der Waals surface area contributed by atoms with Gasteiger partial charge < -0.3 is 9.72 Å². The van der Waals surface area contributed by atoms with Gasteiger partial charge in [-0.25, -0.2) is 14.6 Å². The summed E-state index contributed by atoms with van der Waals surface area (Å²) >= 11 is 0. The fraction of sp³-hybridized carbons (Fsp3) is 0.100. The number of hydrogen-bond donors (Lipinski definition) is 1. The Hall–Kier alpha value is -2.17. The number of aromatic nitrogens is 2. The van der Waals surface area contributed by atoms with Gasteiger partial charge in [0, 0.05) is 0 Å². The third kappa shape index (κ3) is 0.999. The van der Waals surface area contributed by atoms with E-state index in [-0.39, 0.29) is 0 Å². The van der Waals surface area contributed by atoms with Crippen molar-refractivity contribution in [3.8, 4) is 0 Å². The maximum Gasteiger partial charge on any atom is 0.346 e. The molecule has 0 fully saturated rings. The highest BCUT2D eigenvalue weighted by atomic mass is 16.6. The Morgan fingerprint density at radius 2 is 1.87 bits per heavy atom. The SMILES string of the molecule is Cc1nc2cc3c(cc2[nH]1)C(=O)OC3=O. The van der Waals surface area contributed by atoms with E-state index in [9.17, 15) is 9.59 Å². The predicted molar refractivity (Wildman–Crippen MR) is 50.6 cm³/mol. The van der Waals surface area contributed by atoms with Crippen molar-refractivity contribution in [3.05, 3.63) is 29.1 Å². The molecule has 1 aliphatic rings. The van der Waals surface area contributed by atoms with Gasteiger partial charge in [0.1, 0.15) is 5.82 Å². The highest BCUT2D eigenvalue weighted by Gasteiger charge is 2.30. The minimum Gasteiger partial charge on any atom is -0.386 e. The molecular weight excluding hydrogens is 196 g/mol. The maximum atomic E-state index is 11.2. The smallest absolute Gasteiger partial charge is 0.346 e. The Bertz CT molecular complexity index is 561. The zero-order valence-corrected chi connectivity index (χ0v) is 7.83. The molecule has 0 radical (unpaired) electrons. The maximum absolute atomic E-state index is 11.2. The molecule has 15 heavy (non-hydrogen) atoms. The largest absolute Gasteiger partial charge is 0.386 e. The second kappa shape index (κ2) is 2.44. The molecule has 0 amide bonds. The minimum atomic E-state index is -0.599. The molecule has 0 saturated carbocycles. The average Bonchev–Trinajstić information content (AvgIpc) is 2.65. The van der Waals surface area contributed by atoms with E-state index in [4.69, 9.17) is 0 Å². The number of carbonyl (C=O) groups is 2. The van der Waals surface area contributed by atoms with Gasteiger partial charge >= 0.3 is 11.9 Å². The molecule has 0 atom stereocenters. The van der Waals surface area contributed by atoms with Crippen LogP contribution in [0.4, 0.5) is 0 Å². The number of cyclic esters (lactones) is 2. The number of H-pyrrole nitrogens is 1. The summed E-state index contributed by atoms with van der Waals surface area (Å²) in [6, 6.07) is 3.17. The number of nitrogens with zero attached hydrogens (tertiary/aromatic N) is 1. The Kier molecular flexibility index (Phi) is 1.33. The summed E-state index contributed by atoms with van der Waals surface area (Å²) in [6.45, 7) is 1.81. The van der Waals surface area contributed by atoms with Crippen LogP contribution in [0.3, 0.4) is 0 Å². The summed E-state index contributed by atoms with van der Waals surface area (Å²) in [4.78, 5) is 29.7. The van der Waals surface area contributed by atoms with Crippen molar-refractivity contribution in [2.75, 3.05) is 0 Å². The summed E-state index contributed by atoms with van der Waals surface area (Å²) in [5.74, 6) is -0.448. The second-order valence-electron chi connectivity index (χ2n) is 3.41. The third-order valence-electron chi connectivity index (χ3n) is 2.36. The molecule has 5 heteroatoms. The van der Waals surface area contributed by atoms with Crippen LogP contribution in [0.25, 0.3) is 11.0 Å². The van der Waals surface area contributed by atoms with Crippen LogP contribution in [0, 0.1) is 6.92 Å². The van der Waals surface area contributed by atoms with Crippen molar-refractivity contribution >= 4 is 23.0 Å². The molecule has 74 valence electrons. The molecule has 0 unspecified atom stereocenters. The highest BCUT2D eigenvalue weighted by Crippen LogP contribution is 2.24. The molecule has 1 aromatic heterocycles. The Morgan fingerprint density at radius 1 is 1.20 bits per heavy atom. The van der Waals surface area contributed by atoms with Gasteiger partial charge in [-0.1, -0.05) is 0 Å². The van der Waals surface area contributed by atoms with E-state index in [1.165, 1.54) is 0 Å². The van der Waals surface area contributed by atoms with E-state index >= 15 is 0 Å². The first-order valence-corrected chi connectivity index (χ1v) is 4.42. The van der Waals surface area contributed by atoms with Gasteiger partial charge in [-0.3, -0.25) is 0 Å². The lowest BCUT2D eigenvalue weighted by Gasteiger charge is -1.91. The minimum absolute atomic E-state index is 0.291. The summed E-state index contributed by atoms with van der Waals surface area (Å²) in [7, 11) is 0. The first-order valence-electron chi connectivity index (χ1n) is 4.42. The van der Waals surface area contributed by atoms with Crippen LogP contribution < -0.4 is 0 Å². The number of hydrogen-bond acceptors (Lipinski definition) is 4. The van der Waals surface area contributed by atoms with Gasteiger partial charge in [0.2, 0.25) is 0 Å². The summed E-state index contributed by atoms with van der Waals surface area (Å²) in [5.41, 5.74) is 1.99. The Balaban J connectivity index is 2.40. The van der Waals surface area contributed by atoms with Crippen LogP contribution in [-0.4, -0.2) is 21.9 Å². The zero-order valence-electron chi connectivity index (χ0n) is 7.83. The van der Waals surface area contributed by atoms with E-state index in [1.807, 2.05) is 6.92 Å². The normalized spacial score (nSPS) is 14.5. The van der Waals surface area contributed by atoms with Crippen molar-refractivity contribution < 1.29 is 14.3 Å². The summed E-state index contributed by atoms with van der Waals surface area (Å²) in [6.07, 6.45) is 0. The topological polar surface area (TPSA) is 72.1 Å². The lowest BCUT2D eigenvalue weighted by Crippen LogP contribution is -1.96. The number of carbonyl (C=O) groups excluding carboxylic acids is 2. The molecule has 3 rings (SSSR count). The molecule has 0 aliphatic carbocycles. The quantitative estimate of drug-likeness (QED) is 0.514. The van der Waals surface area contributed by atoms with Crippen molar-refractivity contribution in [2.24, 2.45) is 0 Å². The van der Waals surface area contributed by atoms with Crippen molar-refractivity contribution in [3.63, 3.8) is 0 Å². The van der Waals surface area contributed by atoms with Crippen LogP contribution in [0.15, 0.2) is 12.1 Å². The zero-order chi connectivity index (χ0) is 10.6. The van der Waals surface area contributed by atoms with Crippen molar-refractivity contribution in [2.45, 2.75) is 6.92 Å².